The van der Waals surface area contributed by atoms with Gasteiger partial charge in [0.2, 0.25) is 5.91 Å². The summed E-state index contributed by atoms with van der Waals surface area (Å²) in [6, 6.07) is 3.58. The minimum Gasteiger partial charge on any atom is -0.467 e. The number of hydrogen-bond acceptors (Lipinski definition) is 5. The van der Waals surface area contributed by atoms with Crippen molar-refractivity contribution in [3.63, 3.8) is 0 Å². The number of hydrogen-bond donors (Lipinski definition) is 1. The molecule has 0 aromatic carbocycles. The highest BCUT2D eigenvalue weighted by molar-refractivity contribution is 5.81. The normalized spacial score (nSPS) is 18.3. The van der Waals surface area contributed by atoms with Crippen LogP contribution in [-0.2, 0) is 16.1 Å². The third-order valence-electron chi connectivity index (χ3n) is 4.11. The fraction of sp³-hybridized carbons (Fsp3) is 0.688. The van der Waals surface area contributed by atoms with Gasteiger partial charge in [0.25, 0.3) is 0 Å². The number of carbonyl (C=O) groups excluding carboxylic acids is 1. The standard InChI is InChI=1S/C16H27N3O3/c1-3-21-12-10-18-6-8-19(9-7-18)14(2)16(20)17-13-15-5-4-11-22-15/h4-5,11,14H,3,6-10,12-13H2,1-2H3,(H,17,20). The lowest BCUT2D eigenvalue weighted by atomic mass is 10.2. The summed E-state index contributed by atoms with van der Waals surface area (Å²) in [4.78, 5) is 16.8. The highest BCUT2D eigenvalue weighted by Gasteiger charge is 2.25. The highest BCUT2D eigenvalue weighted by atomic mass is 16.5. The molecule has 1 fully saturated rings. The zero-order chi connectivity index (χ0) is 15.8. The molecular weight excluding hydrogens is 282 g/mol. The van der Waals surface area contributed by atoms with E-state index in [0.717, 1.165) is 51.7 Å². The van der Waals surface area contributed by atoms with Crippen LogP contribution in [0.25, 0.3) is 0 Å². The molecule has 1 amide bonds. The average Bonchev–Trinajstić information content (AvgIpc) is 3.06. The number of piperazine rings is 1. The van der Waals surface area contributed by atoms with Crippen LogP contribution >= 0.6 is 0 Å². The molecule has 0 bridgehead atoms. The van der Waals surface area contributed by atoms with Gasteiger partial charge in [0.05, 0.1) is 25.5 Å². The summed E-state index contributed by atoms with van der Waals surface area (Å²) in [6.07, 6.45) is 1.62. The summed E-state index contributed by atoms with van der Waals surface area (Å²) >= 11 is 0. The van der Waals surface area contributed by atoms with Crippen molar-refractivity contribution in [1.82, 2.24) is 15.1 Å². The van der Waals surface area contributed by atoms with E-state index in [1.807, 2.05) is 26.0 Å². The van der Waals surface area contributed by atoms with Crippen molar-refractivity contribution in [1.29, 1.82) is 0 Å². The number of rotatable bonds is 8. The molecule has 1 saturated heterocycles. The Hall–Kier alpha value is -1.37. The van der Waals surface area contributed by atoms with E-state index in [1.54, 1.807) is 6.26 Å². The lowest BCUT2D eigenvalue weighted by molar-refractivity contribution is -0.126. The van der Waals surface area contributed by atoms with E-state index in [4.69, 9.17) is 9.15 Å². The van der Waals surface area contributed by atoms with Gasteiger partial charge in [0.1, 0.15) is 5.76 Å². The van der Waals surface area contributed by atoms with Gasteiger partial charge in [-0.05, 0) is 26.0 Å². The molecule has 6 heteroatoms. The van der Waals surface area contributed by atoms with Crippen molar-refractivity contribution in [3.05, 3.63) is 24.2 Å². The first-order valence-corrected chi connectivity index (χ1v) is 8.05. The van der Waals surface area contributed by atoms with Gasteiger partial charge in [-0.3, -0.25) is 14.6 Å². The Bertz CT molecular complexity index is 428. The van der Waals surface area contributed by atoms with Gasteiger partial charge in [-0.25, -0.2) is 0 Å². The first kappa shape index (κ1) is 17.0. The second-order valence-corrected chi connectivity index (χ2v) is 5.55. The van der Waals surface area contributed by atoms with Gasteiger partial charge >= 0.3 is 0 Å². The van der Waals surface area contributed by atoms with Gasteiger partial charge < -0.3 is 14.5 Å². The summed E-state index contributed by atoms with van der Waals surface area (Å²) in [5.41, 5.74) is 0. The third-order valence-corrected chi connectivity index (χ3v) is 4.11. The van der Waals surface area contributed by atoms with Crippen molar-refractivity contribution in [2.45, 2.75) is 26.4 Å². The number of furan rings is 1. The minimum absolute atomic E-state index is 0.0548. The van der Waals surface area contributed by atoms with Gasteiger partial charge in [0.15, 0.2) is 0 Å². The Morgan fingerprint density at radius 3 is 2.82 bits per heavy atom. The fourth-order valence-electron chi connectivity index (χ4n) is 2.61. The maximum atomic E-state index is 12.2. The van der Waals surface area contributed by atoms with E-state index >= 15 is 0 Å². The van der Waals surface area contributed by atoms with E-state index in [1.165, 1.54) is 0 Å². The van der Waals surface area contributed by atoms with Crippen molar-refractivity contribution < 1.29 is 13.9 Å². The van der Waals surface area contributed by atoms with Gasteiger partial charge in [-0.2, -0.15) is 0 Å². The Balaban J connectivity index is 1.67. The molecule has 6 nitrogen and oxygen atoms in total. The maximum absolute atomic E-state index is 12.2. The number of nitrogens with one attached hydrogen (secondary N) is 1. The topological polar surface area (TPSA) is 58.0 Å². The Morgan fingerprint density at radius 1 is 1.41 bits per heavy atom. The molecule has 0 radical (unpaired) electrons. The second kappa shape index (κ2) is 8.92. The van der Waals surface area contributed by atoms with Gasteiger partial charge in [-0.15, -0.1) is 0 Å². The van der Waals surface area contributed by atoms with Crippen LogP contribution in [0.15, 0.2) is 22.8 Å². The summed E-state index contributed by atoms with van der Waals surface area (Å²) in [5, 5.41) is 2.93. The first-order chi connectivity index (χ1) is 10.7. The molecular formula is C16H27N3O3. The molecule has 2 heterocycles. The first-order valence-electron chi connectivity index (χ1n) is 8.05. The van der Waals surface area contributed by atoms with Crippen LogP contribution in [0.2, 0.25) is 0 Å². The van der Waals surface area contributed by atoms with Crippen molar-refractivity contribution in [3.8, 4) is 0 Å². The number of amides is 1. The zero-order valence-corrected chi connectivity index (χ0v) is 13.6. The van der Waals surface area contributed by atoms with E-state index < -0.39 is 0 Å². The monoisotopic (exact) mass is 309 g/mol. The fourth-order valence-corrected chi connectivity index (χ4v) is 2.61. The summed E-state index contributed by atoms with van der Waals surface area (Å²) < 4.78 is 10.6. The molecule has 1 aliphatic heterocycles. The van der Waals surface area contributed by atoms with E-state index in [2.05, 4.69) is 15.1 Å². The van der Waals surface area contributed by atoms with Crippen LogP contribution in [0.5, 0.6) is 0 Å². The van der Waals surface area contributed by atoms with Crippen LogP contribution in [0.3, 0.4) is 0 Å². The lowest BCUT2D eigenvalue weighted by Crippen LogP contribution is -2.54. The van der Waals surface area contributed by atoms with Gasteiger partial charge in [0, 0.05) is 39.3 Å². The zero-order valence-electron chi connectivity index (χ0n) is 13.6. The van der Waals surface area contributed by atoms with Crippen LogP contribution in [0.4, 0.5) is 0 Å². The Morgan fingerprint density at radius 2 is 2.18 bits per heavy atom. The number of ether oxygens (including phenoxy) is 1. The van der Waals surface area contributed by atoms with Crippen molar-refractivity contribution in [2.75, 3.05) is 45.9 Å². The molecule has 1 N–H and O–H groups in total. The van der Waals surface area contributed by atoms with Crippen LogP contribution in [-0.4, -0.2) is 67.7 Å². The predicted molar refractivity (Wildman–Crippen MR) is 84.5 cm³/mol. The molecule has 1 unspecified atom stereocenters. The van der Waals surface area contributed by atoms with Crippen molar-refractivity contribution >= 4 is 5.91 Å². The molecule has 1 atom stereocenters. The molecule has 0 spiro atoms. The summed E-state index contributed by atoms with van der Waals surface area (Å²) in [7, 11) is 0. The SMILES string of the molecule is CCOCCN1CCN(C(C)C(=O)NCc2ccco2)CC1. The predicted octanol–water partition coefficient (Wildman–Crippen LogP) is 0.938. The Kier molecular flexibility index (Phi) is 6.89. The number of nitrogens with zero attached hydrogens (tertiary/aromatic N) is 2. The smallest absolute Gasteiger partial charge is 0.237 e. The number of carbonyl (C=O) groups is 1. The third kappa shape index (κ3) is 5.12. The quantitative estimate of drug-likeness (QED) is 0.724. The minimum atomic E-state index is -0.107. The molecule has 22 heavy (non-hydrogen) atoms. The largest absolute Gasteiger partial charge is 0.467 e. The van der Waals surface area contributed by atoms with Crippen LogP contribution in [0, 0.1) is 0 Å². The molecule has 2 rings (SSSR count). The van der Waals surface area contributed by atoms with E-state index in [0.29, 0.717) is 6.54 Å². The highest BCUT2D eigenvalue weighted by Crippen LogP contribution is 2.07. The van der Waals surface area contributed by atoms with E-state index in [-0.39, 0.29) is 11.9 Å². The average molecular weight is 309 g/mol. The lowest BCUT2D eigenvalue weighted by Gasteiger charge is -2.37. The summed E-state index contributed by atoms with van der Waals surface area (Å²) in [6.45, 7) is 10.8. The van der Waals surface area contributed by atoms with Crippen LogP contribution < -0.4 is 5.32 Å². The van der Waals surface area contributed by atoms with Crippen LogP contribution in [0.1, 0.15) is 19.6 Å². The molecule has 1 aliphatic rings. The Labute approximate surface area is 132 Å². The molecule has 124 valence electrons. The van der Waals surface area contributed by atoms with E-state index in [9.17, 15) is 4.79 Å². The van der Waals surface area contributed by atoms with Gasteiger partial charge in [-0.1, -0.05) is 0 Å². The second-order valence-electron chi connectivity index (χ2n) is 5.55. The maximum Gasteiger partial charge on any atom is 0.237 e. The van der Waals surface area contributed by atoms with Crippen molar-refractivity contribution in [2.24, 2.45) is 0 Å². The molecule has 0 aliphatic carbocycles. The summed E-state index contributed by atoms with van der Waals surface area (Å²) in [5.74, 6) is 0.834. The molecule has 1 aromatic rings. The molecule has 0 saturated carbocycles. The molecule has 1 aromatic heterocycles.